The summed E-state index contributed by atoms with van der Waals surface area (Å²) < 4.78 is 0. The molecule has 0 heteroatoms. The minimum absolute atomic E-state index is 0.855. The lowest BCUT2D eigenvalue weighted by atomic mass is 9.96. The van der Waals surface area contributed by atoms with Crippen LogP contribution < -0.4 is 0 Å². The Morgan fingerprint density at radius 3 is 1.25 bits per heavy atom. The minimum atomic E-state index is 0.855. The highest BCUT2D eigenvalue weighted by Crippen LogP contribution is 2.17. The van der Waals surface area contributed by atoms with E-state index in [0.717, 1.165) is 24.7 Å². The van der Waals surface area contributed by atoms with Crippen LogP contribution in [0.3, 0.4) is 0 Å². The summed E-state index contributed by atoms with van der Waals surface area (Å²) in [7, 11) is 0. The van der Waals surface area contributed by atoms with Gasteiger partial charge in [-0.15, -0.1) is 11.8 Å². The third kappa shape index (κ3) is 27.6. The van der Waals surface area contributed by atoms with E-state index in [-0.39, 0.29) is 0 Å². The smallest absolute Gasteiger partial charge is 0.00912 e. The van der Waals surface area contributed by atoms with Crippen LogP contribution in [0.5, 0.6) is 0 Å². The van der Waals surface area contributed by atoms with E-state index < -0.39 is 0 Å². The normalized spacial score (nSPS) is 12.2. The molecular weight excluding hydrogens is 384 g/mol. The third-order valence-electron chi connectivity index (χ3n) is 7.02. The minimum Gasteiger partial charge on any atom is -0.103 e. The first-order valence-electron chi connectivity index (χ1n) is 15.1. The van der Waals surface area contributed by atoms with Crippen LogP contribution in [-0.2, 0) is 0 Å². The molecule has 0 heterocycles. The topological polar surface area (TPSA) is 0 Å². The highest BCUT2D eigenvalue weighted by atomic mass is 14.1. The van der Waals surface area contributed by atoms with E-state index in [2.05, 4.69) is 39.5 Å². The van der Waals surface area contributed by atoms with Gasteiger partial charge >= 0.3 is 0 Å². The van der Waals surface area contributed by atoms with Gasteiger partial charge in [0, 0.05) is 12.8 Å². The van der Waals surface area contributed by atoms with Crippen molar-refractivity contribution in [2.45, 2.75) is 182 Å². The Balaban J connectivity index is 3.17. The van der Waals surface area contributed by atoms with Gasteiger partial charge in [0.1, 0.15) is 0 Å². The molecule has 1 atom stereocenters. The van der Waals surface area contributed by atoms with Crippen LogP contribution >= 0.6 is 0 Å². The number of rotatable bonds is 24. The first kappa shape index (κ1) is 31.6. The average molecular weight is 447 g/mol. The molecular formula is C32H62. The molecule has 0 aromatic heterocycles. The van der Waals surface area contributed by atoms with Crippen molar-refractivity contribution in [3.8, 4) is 11.8 Å². The second-order valence-corrected chi connectivity index (χ2v) is 11.1. The molecule has 0 nitrogen and oxygen atoms in total. The molecule has 0 aliphatic heterocycles. The zero-order valence-electron chi connectivity index (χ0n) is 23.1. The summed E-state index contributed by atoms with van der Waals surface area (Å²) in [5, 5.41) is 0. The van der Waals surface area contributed by atoms with Gasteiger partial charge in [-0.3, -0.25) is 0 Å². The molecule has 0 N–H and O–H groups in total. The van der Waals surface area contributed by atoms with E-state index in [9.17, 15) is 0 Å². The zero-order chi connectivity index (χ0) is 23.5. The molecule has 0 aliphatic carbocycles. The zero-order valence-corrected chi connectivity index (χ0v) is 23.1. The van der Waals surface area contributed by atoms with Crippen LogP contribution in [0.15, 0.2) is 0 Å². The molecule has 190 valence electrons. The quantitative estimate of drug-likeness (QED) is 0.102. The van der Waals surface area contributed by atoms with Gasteiger partial charge in [-0.2, -0.15) is 0 Å². The summed E-state index contributed by atoms with van der Waals surface area (Å²) in [6, 6.07) is 0. The number of unbranched alkanes of at least 4 members (excludes halogenated alkanes) is 18. The molecule has 0 rings (SSSR count). The van der Waals surface area contributed by atoms with Gasteiger partial charge in [-0.25, -0.2) is 0 Å². The SMILES string of the molecule is CCCCCCCCCCCCCCCCCCCCC#CCCC(C)CCCC(C)C. The predicted molar refractivity (Wildman–Crippen MR) is 148 cm³/mol. The fourth-order valence-electron chi connectivity index (χ4n) is 4.63. The van der Waals surface area contributed by atoms with E-state index in [4.69, 9.17) is 0 Å². The van der Waals surface area contributed by atoms with Crippen LogP contribution in [-0.4, -0.2) is 0 Å². The summed E-state index contributed by atoms with van der Waals surface area (Å²) in [6.07, 6.45) is 33.7. The Morgan fingerprint density at radius 2 is 0.812 bits per heavy atom. The molecule has 0 aliphatic rings. The van der Waals surface area contributed by atoms with Gasteiger partial charge in [0.05, 0.1) is 0 Å². The average Bonchev–Trinajstić information content (AvgIpc) is 2.77. The summed E-state index contributed by atoms with van der Waals surface area (Å²) in [5.74, 6) is 8.55. The van der Waals surface area contributed by atoms with E-state index >= 15 is 0 Å². The lowest BCUT2D eigenvalue weighted by Crippen LogP contribution is -1.96. The predicted octanol–water partition coefficient (Wildman–Crippen LogP) is 11.7. The summed E-state index contributed by atoms with van der Waals surface area (Å²) in [6.45, 7) is 9.36. The van der Waals surface area contributed by atoms with Crippen molar-refractivity contribution in [2.24, 2.45) is 11.8 Å². The first-order valence-corrected chi connectivity index (χ1v) is 15.1. The Labute approximate surface area is 205 Å². The molecule has 0 saturated heterocycles. The van der Waals surface area contributed by atoms with E-state index in [1.54, 1.807) is 0 Å². The molecule has 0 radical (unpaired) electrons. The van der Waals surface area contributed by atoms with Crippen molar-refractivity contribution >= 4 is 0 Å². The van der Waals surface area contributed by atoms with Gasteiger partial charge in [-0.1, -0.05) is 156 Å². The Bertz CT molecular complexity index is 396. The maximum absolute atomic E-state index is 3.42. The molecule has 0 aromatic rings. The molecule has 0 bridgehead atoms. The molecule has 0 amide bonds. The molecule has 32 heavy (non-hydrogen) atoms. The summed E-state index contributed by atoms with van der Waals surface area (Å²) >= 11 is 0. The van der Waals surface area contributed by atoms with Gasteiger partial charge in [0.2, 0.25) is 0 Å². The Hall–Kier alpha value is -0.440. The van der Waals surface area contributed by atoms with Gasteiger partial charge < -0.3 is 0 Å². The fourth-order valence-corrected chi connectivity index (χ4v) is 4.63. The monoisotopic (exact) mass is 446 g/mol. The van der Waals surface area contributed by atoms with Crippen molar-refractivity contribution in [1.29, 1.82) is 0 Å². The number of hydrogen-bond acceptors (Lipinski definition) is 0. The molecule has 0 fully saturated rings. The molecule has 0 saturated carbocycles. The second-order valence-electron chi connectivity index (χ2n) is 11.1. The lowest BCUT2D eigenvalue weighted by Gasteiger charge is -2.10. The van der Waals surface area contributed by atoms with Crippen molar-refractivity contribution < 1.29 is 0 Å². The van der Waals surface area contributed by atoms with Crippen LogP contribution in [0.4, 0.5) is 0 Å². The highest BCUT2D eigenvalue weighted by molar-refractivity contribution is 4.98. The van der Waals surface area contributed by atoms with Gasteiger partial charge in [0.25, 0.3) is 0 Å². The molecule has 0 spiro atoms. The summed E-state index contributed by atoms with van der Waals surface area (Å²) in [4.78, 5) is 0. The Morgan fingerprint density at radius 1 is 0.406 bits per heavy atom. The van der Waals surface area contributed by atoms with Crippen LogP contribution in [0, 0.1) is 23.7 Å². The second kappa shape index (κ2) is 26.8. The van der Waals surface area contributed by atoms with E-state index in [1.165, 1.54) is 141 Å². The molecule has 1 unspecified atom stereocenters. The van der Waals surface area contributed by atoms with E-state index in [1.807, 2.05) is 0 Å². The van der Waals surface area contributed by atoms with Crippen LogP contribution in [0.2, 0.25) is 0 Å². The van der Waals surface area contributed by atoms with Crippen molar-refractivity contribution in [1.82, 2.24) is 0 Å². The van der Waals surface area contributed by atoms with Crippen LogP contribution in [0.1, 0.15) is 182 Å². The van der Waals surface area contributed by atoms with Crippen molar-refractivity contribution in [2.75, 3.05) is 0 Å². The Kier molecular flexibility index (Phi) is 26.4. The van der Waals surface area contributed by atoms with Gasteiger partial charge in [0.15, 0.2) is 0 Å². The van der Waals surface area contributed by atoms with Gasteiger partial charge in [-0.05, 0) is 24.7 Å². The van der Waals surface area contributed by atoms with E-state index in [0.29, 0.717) is 0 Å². The maximum atomic E-state index is 3.42. The fraction of sp³-hybridized carbons (Fsp3) is 0.938. The maximum Gasteiger partial charge on any atom is 0.00912 e. The highest BCUT2D eigenvalue weighted by Gasteiger charge is 2.02. The molecule has 0 aromatic carbocycles. The first-order chi connectivity index (χ1) is 15.7. The third-order valence-corrected chi connectivity index (χ3v) is 7.02. The standard InChI is InChI=1S/C32H62/c1-5-6-7-8-9-10-11-12-13-14-15-16-17-18-19-20-21-22-23-24-25-26-29-32(4)30-27-28-31(2)3/h31-32H,5-23,26-30H2,1-4H3. The van der Waals surface area contributed by atoms with Crippen molar-refractivity contribution in [3.05, 3.63) is 0 Å². The van der Waals surface area contributed by atoms with Crippen LogP contribution in [0.25, 0.3) is 0 Å². The lowest BCUT2D eigenvalue weighted by molar-refractivity contribution is 0.441. The van der Waals surface area contributed by atoms with Crippen molar-refractivity contribution in [3.63, 3.8) is 0 Å². The summed E-state index contributed by atoms with van der Waals surface area (Å²) in [5.41, 5.74) is 0. The number of hydrogen-bond donors (Lipinski definition) is 0. The largest absolute Gasteiger partial charge is 0.103 e.